The minimum atomic E-state index is -0.634. The molecular weight excluding hydrogens is 364 g/mol. The fraction of sp³-hybridized carbons (Fsp3) is 0.474. The first-order chi connectivity index (χ1) is 13.1. The van der Waals surface area contributed by atoms with Gasteiger partial charge in [-0.15, -0.1) is 0 Å². The second-order valence-electron chi connectivity index (χ2n) is 7.38. The fourth-order valence-corrected chi connectivity index (χ4v) is 2.61. The number of amidine groups is 1. The van der Waals surface area contributed by atoms with Crippen molar-refractivity contribution in [1.29, 1.82) is 5.41 Å². The lowest BCUT2D eigenvalue weighted by molar-refractivity contribution is -0.148. The Hall–Kier alpha value is -3.10. The van der Waals surface area contributed by atoms with Crippen molar-refractivity contribution in [1.82, 2.24) is 10.2 Å². The molecule has 2 amide bonds. The SMILES string of the molecule is CC(C)(C)OC(=O)c1ccc(OCCCN2CCNC(=O)C2=O)c(C(=N)N)c1. The summed E-state index contributed by atoms with van der Waals surface area (Å²) >= 11 is 0. The van der Waals surface area contributed by atoms with Gasteiger partial charge in [0, 0.05) is 19.6 Å². The molecule has 0 unspecified atom stereocenters. The quantitative estimate of drug-likeness (QED) is 0.206. The molecule has 1 fully saturated rings. The number of carbonyl (C=O) groups excluding carboxylic acids is 3. The maximum Gasteiger partial charge on any atom is 0.338 e. The van der Waals surface area contributed by atoms with E-state index in [-0.39, 0.29) is 23.6 Å². The van der Waals surface area contributed by atoms with Gasteiger partial charge >= 0.3 is 17.8 Å². The molecule has 4 N–H and O–H groups in total. The number of nitrogens with one attached hydrogen (secondary N) is 2. The summed E-state index contributed by atoms with van der Waals surface area (Å²) in [6.07, 6.45) is 0.504. The highest BCUT2D eigenvalue weighted by Gasteiger charge is 2.25. The number of carbonyl (C=O) groups is 3. The van der Waals surface area contributed by atoms with E-state index in [1.807, 2.05) is 0 Å². The lowest BCUT2D eigenvalue weighted by atomic mass is 10.1. The molecule has 9 nitrogen and oxygen atoms in total. The van der Waals surface area contributed by atoms with Crippen LogP contribution in [0, 0.1) is 5.41 Å². The summed E-state index contributed by atoms with van der Waals surface area (Å²) in [5.41, 5.74) is 5.55. The van der Waals surface area contributed by atoms with E-state index in [1.165, 1.54) is 11.0 Å². The maximum absolute atomic E-state index is 12.2. The second kappa shape index (κ2) is 8.73. The molecule has 0 bridgehead atoms. The monoisotopic (exact) mass is 390 g/mol. The van der Waals surface area contributed by atoms with Crippen molar-refractivity contribution in [3.05, 3.63) is 29.3 Å². The summed E-state index contributed by atoms with van der Waals surface area (Å²) < 4.78 is 11.0. The molecule has 1 aromatic rings. The van der Waals surface area contributed by atoms with Crippen molar-refractivity contribution in [2.45, 2.75) is 32.8 Å². The Bertz CT molecular complexity index is 785. The Kier molecular flexibility index (Phi) is 6.61. The Morgan fingerprint density at radius 1 is 1.32 bits per heavy atom. The molecule has 152 valence electrons. The first-order valence-corrected chi connectivity index (χ1v) is 9.00. The summed E-state index contributed by atoms with van der Waals surface area (Å²) in [6, 6.07) is 4.58. The van der Waals surface area contributed by atoms with E-state index >= 15 is 0 Å². The van der Waals surface area contributed by atoms with Gasteiger partial charge in [0.1, 0.15) is 17.2 Å². The molecule has 9 heteroatoms. The molecule has 1 aliphatic heterocycles. The highest BCUT2D eigenvalue weighted by atomic mass is 16.6. The van der Waals surface area contributed by atoms with Gasteiger partial charge in [-0.25, -0.2) is 4.79 Å². The molecule has 0 spiro atoms. The highest BCUT2D eigenvalue weighted by Crippen LogP contribution is 2.22. The number of ether oxygens (including phenoxy) is 2. The van der Waals surface area contributed by atoms with Crippen LogP contribution in [0.4, 0.5) is 0 Å². The van der Waals surface area contributed by atoms with Gasteiger partial charge in [-0.05, 0) is 45.4 Å². The van der Waals surface area contributed by atoms with Crippen LogP contribution in [0.2, 0.25) is 0 Å². The average Bonchev–Trinajstić information content (AvgIpc) is 2.60. The second-order valence-corrected chi connectivity index (χ2v) is 7.38. The van der Waals surface area contributed by atoms with Crippen LogP contribution in [0.1, 0.15) is 43.1 Å². The summed E-state index contributed by atoms with van der Waals surface area (Å²) in [5.74, 6) is -1.52. The topological polar surface area (TPSA) is 135 Å². The number of hydrogen-bond acceptors (Lipinski definition) is 6. The summed E-state index contributed by atoms with van der Waals surface area (Å²) in [4.78, 5) is 36.7. The minimum absolute atomic E-state index is 0.233. The smallest absolute Gasteiger partial charge is 0.338 e. The molecule has 1 aromatic carbocycles. The van der Waals surface area contributed by atoms with Crippen LogP contribution in [0.15, 0.2) is 18.2 Å². The van der Waals surface area contributed by atoms with Gasteiger partial charge in [0.25, 0.3) is 0 Å². The molecule has 28 heavy (non-hydrogen) atoms. The molecule has 1 heterocycles. The molecule has 0 atom stereocenters. The van der Waals surface area contributed by atoms with E-state index in [0.717, 1.165) is 0 Å². The van der Waals surface area contributed by atoms with Gasteiger partial charge in [-0.1, -0.05) is 0 Å². The Labute approximate surface area is 163 Å². The molecule has 2 rings (SSSR count). The number of nitrogens with two attached hydrogens (primary N) is 1. The van der Waals surface area contributed by atoms with Gasteiger partial charge in [0.15, 0.2) is 0 Å². The predicted molar refractivity (Wildman–Crippen MR) is 102 cm³/mol. The van der Waals surface area contributed by atoms with Crippen molar-refractivity contribution in [2.24, 2.45) is 5.73 Å². The normalized spacial score (nSPS) is 14.5. The van der Waals surface area contributed by atoms with Crippen molar-refractivity contribution in [2.75, 3.05) is 26.2 Å². The first kappa shape index (κ1) is 21.2. The minimum Gasteiger partial charge on any atom is -0.493 e. The number of rotatable bonds is 7. The zero-order valence-electron chi connectivity index (χ0n) is 16.3. The van der Waals surface area contributed by atoms with Crippen molar-refractivity contribution < 1.29 is 23.9 Å². The number of nitrogens with zero attached hydrogens (tertiary/aromatic N) is 1. The van der Waals surface area contributed by atoms with Crippen LogP contribution in [-0.4, -0.2) is 60.4 Å². The van der Waals surface area contributed by atoms with Crippen molar-refractivity contribution in [3.8, 4) is 5.75 Å². The van der Waals surface area contributed by atoms with Gasteiger partial charge in [-0.3, -0.25) is 15.0 Å². The number of esters is 1. The highest BCUT2D eigenvalue weighted by molar-refractivity contribution is 6.35. The lowest BCUT2D eigenvalue weighted by Gasteiger charge is -2.26. The molecule has 0 saturated carbocycles. The van der Waals surface area contributed by atoms with E-state index in [0.29, 0.717) is 31.8 Å². The third-order valence-electron chi connectivity index (χ3n) is 3.88. The van der Waals surface area contributed by atoms with Crippen LogP contribution in [-0.2, 0) is 14.3 Å². The number of amides is 2. The zero-order chi connectivity index (χ0) is 20.9. The van der Waals surface area contributed by atoms with Crippen molar-refractivity contribution >= 4 is 23.6 Å². The molecular formula is C19H26N4O5. The van der Waals surface area contributed by atoms with Crippen LogP contribution in [0.25, 0.3) is 0 Å². The maximum atomic E-state index is 12.2. The van der Waals surface area contributed by atoms with Crippen LogP contribution >= 0.6 is 0 Å². The first-order valence-electron chi connectivity index (χ1n) is 9.00. The van der Waals surface area contributed by atoms with E-state index in [1.54, 1.807) is 32.9 Å². The van der Waals surface area contributed by atoms with Crippen LogP contribution < -0.4 is 15.8 Å². The van der Waals surface area contributed by atoms with E-state index in [2.05, 4.69) is 5.32 Å². The summed E-state index contributed by atoms with van der Waals surface area (Å²) in [6.45, 7) is 6.86. The predicted octanol–water partition coefficient (Wildman–Crippen LogP) is 0.653. The summed E-state index contributed by atoms with van der Waals surface area (Å²) in [5, 5.41) is 10.2. The average molecular weight is 390 g/mol. The molecule has 0 radical (unpaired) electrons. The molecule has 0 aliphatic carbocycles. The number of hydrogen-bond donors (Lipinski definition) is 3. The van der Waals surface area contributed by atoms with Crippen molar-refractivity contribution in [3.63, 3.8) is 0 Å². The Balaban J connectivity index is 1.97. The third kappa shape index (κ3) is 5.70. The number of piperazine rings is 1. The standard InChI is InChI=1S/C19H26N4O5/c1-19(2,3)28-18(26)12-5-6-14(13(11-12)15(20)21)27-10-4-8-23-9-7-22-16(24)17(23)25/h5-6,11H,4,7-10H2,1-3H3,(H3,20,21)(H,22,24). The lowest BCUT2D eigenvalue weighted by Crippen LogP contribution is -2.52. The van der Waals surface area contributed by atoms with Gasteiger partial charge in [0.05, 0.1) is 17.7 Å². The number of nitrogen functional groups attached to an aromatic ring is 1. The third-order valence-corrected chi connectivity index (χ3v) is 3.88. The molecule has 1 aliphatic rings. The van der Waals surface area contributed by atoms with E-state index < -0.39 is 23.4 Å². The number of benzene rings is 1. The Morgan fingerprint density at radius 2 is 2.04 bits per heavy atom. The van der Waals surface area contributed by atoms with Crippen LogP contribution in [0.5, 0.6) is 5.75 Å². The van der Waals surface area contributed by atoms with E-state index in [4.69, 9.17) is 20.6 Å². The van der Waals surface area contributed by atoms with Gasteiger partial charge < -0.3 is 25.4 Å². The Morgan fingerprint density at radius 3 is 2.68 bits per heavy atom. The van der Waals surface area contributed by atoms with Gasteiger partial charge in [-0.2, -0.15) is 0 Å². The van der Waals surface area contributed by atoms with Crippen LogP contribution in [0.3, 0.4) is 0 Å². The fourth-order valence-electron chi connectivity index (χ4n) is 2.61. The zero-order valence-corrected chi connectivity index (χ0v) is 16.3. The van der Waals surface area contributed by atoms with E-state index in [9.17, 15) is 14.4 Å². The molecule has 0 aromatic heterocycles. The summed E-state index contributed by atoms with van der Waals surface area (Å²) in [7, 11) is 0. The van der Waals surface area contributed by atoms with Gasteiger partial charge in [0.2, 0.25) is 0 Å². The molecule has 1 saturated heterocycles. The largest absolute Gasteiger partial charge is 0.493 e.